The number of phenols is 1. The zero-order chi connectivity index (χ0) is 43.8. The number of fused-ring (bicyclic) bond motifs is 1. The highest BCUT2D eigenvalue weighted by molar-refractivity contribution is 9.11. The molecular weight excluding hydrogens is 989 g/mol. The average Bonchev–Trinajstić information content (AvgIpc) is 3.19. The van der Waals surface area contributed by atoms with E-state index < -0.39 is 47.9 Å². The van der Waals surface area contributed by atoms with Crippen molar-refractivity contribution in [2.75, 3.05) is 23.0 Å². The number of anilines is 3. The molecule has 0 spiro atoms. The van der Waals surface area contributed by atoms with Crippen LogP contribution in [0.2, 0.25) is 0 Å². The summed E-state index contributed by atoms with van der Waals surface area (Å²) >= 11 is 16.8. The van der Waals surface area contributed by atoms with E-state index >= 15 is 0 Å². The molecule has 0 fully saturated rings. The molecule has 0 saturated heterocycles. The molecule has 0 aromatic heterocycles. The second-order valence-corrected chi connectivity index (χ2v) is 17.6. The Morgan fingerprint density at radius 1 is 0.700 bits per heavy atom. The average molecular weight is 1020 g/mol. The number of halogens is 2. The highest BCUT2D eigenvalue weighted by atomic mass is 79.9. The second kappa shape index (κ2) is 19.7. The lowest BCUT2D eigenvalue weighted by atomic mass is 10.1. The maximum Gasteiger partial charge on any atom is 0.295 e. The van der Waals surface area contributed by atoms with Gasteiger partial charge < -0.3 is 26.4 Å². The van der Waals surface area contributed by atoms with Crippen molar-refractivity contribution in [2.24, 2.45) is 5.10 Å². The van der Waals surface area contributed by atoms with E-state index in [9.17, 15) is 40.6 Å². The van der Waals surface area contributed by atoms with Gasteiger partial charge in [-0.15, -0.1) is 0 Å². The van der Waals surface area contributed by atoms with Crippen molar-refractivity contribution in [1.82, 2.24) is 21.6 Å². The number of hydrazone groups is 1. The summed E-state index contributed by atoms with van der Waals surface area (Å²) < 4.78 is 69.9. The fourth-order valence-corrected chi connectivity index (χ4v) is 8.19. The summed E-state index contributed by atoms with van der Waals surface area (Å²) in [5, 5.41) is 26.6. The summed E-state index contributed by atoms with van der Waals surface area (Å²) in [6.07, 6.45) is 3.72. The van der Waals surface area contributed by atoms with E-state index in [1.54, 1.807) is 37.4 Å². The molecule has 0 radical (unpaired) electrons. The summed E-state index contributed by atoms with van der Waals surface area (Å²) in [6.45, 7) is 0. The molecule has 60 heavy (non-hydrogen) atoms. The van der Waals surface area contributed by atoms with Gasteiger partial charge in [0, 0.05) is 24.1 Å². The fraction of sp³-hybridized carbons (Fsp3) is 0.0541. The summed E-state index contributed by atoms with van der Waals surface area (Å²) in [5.74, 6) is -1.81. The lowest BCUT2D eigenvalue weighted by Crippen LogP contribution is -2.54. The molecule has 23 heteroatoms. The lowest BCUT2D eigenvalue weighted by Gasteiger charge is -2.19. The molecule has 0 bridgehead atoms. The van der Waals surface area contributed by atoms with Crippen molar-refractivity contribution in [3.63, 3.8) is 0 Å². The molecule has 312 valence electrons. The number of carbonyl (C=O) groups is 2. The minimum Gasteiger partial charge on any atom is -0.506 e. The number of nitrogens with zero attached hydrogens (tertiary/aromatic N) is 1. The largest absolute Gasteiger partial charge is 0.506 e. The summed E-state index contributed by atoms with van der Waals surface area (Å²) in [4.78, 5) is 25.8. The predicted molar refractivity (Wildman–Crippen MR) is 245 cm³/mol. The number of aromatic hydroxyl groups is 1. The van der Waals surface area contributed by atoms with Crippen LogP contribution in [-0.2, 0) is 29.8 Å². The van der Waals surface area contributed by atoms with Gasteiger partial charge in [0.2, 0.25) is 0 Å². The molecule has 0 aliphatic rings. The first kappa shape index (κ1) is 45.6. The van der Waals surface area contributed by atoms with Gasteiger partial charge in [0.1, 0.15) is 15.5 Å². The second-order valence-electron chi connectivity index (χ2n) is 12.3. The number of hydrogen-bond acceptors (Lipinski definition) is 11. The Hall–Kier alpha value is -5.53. The maximum atomic E-state index is 13.5. The third-order valence-electron chi connectivity index (χ3n) is 8.08. The Balaban J connectivity index is 1.31. The Labute approximate surface area is 370 Å². The van der Waals surface area contributed by atoms with Crippen LogP contribution < -0.4 is 37.5 Å². The quantitative estimate of drug-likeness (QED) is 0.0182. The van der Waals surface area contributed by atoms with Gasteiger partial charge in [0.15, 0.2) is 16.3 Å². The number of thiocarbonyl (C=S) groups is 2. The van der Waals surface area contributed by atoms with E-state index in [1.807, 2.05) is 24.3 Å². The van der Waals surface area contributed by atoms with E-state index in [2.05, 4.69) is 74.5 Å². The Kier molecular flexibility index (Phi) is 14.9. The zero-order valence-electron chi connectivity index (χ0n) is 30.6. The number of rotatable bonds is 12. The van der Waals surface area contributed by atoms with E-state index in [-0.39, 0.29) is 38.5 Å². The SMILES string of the molecule is CNC(=S)Nc1ccc(/C=C/c2ccc(NC(=S)NNC(=O)C(Nc3ccc4ccccc4c3)C(=O)N/N=C\c3cc(Br)c(O)c(Br)c3)cc2S(=O)(=O)O)c(S(=O)(=O)O)c1. The number of carbonyl (C=O) groups excluding carboxylic acids is 2. The smallest absolute Gasteiger partial charge is 0.295 e. The molecule has 1 unspecified atom stereocenters. The standard InChI is InChI=1S/C37H32Br2N8O9S4/c1-40-36(57)43-26-12-9-22(30(17-26)59(51,52)53)6-7-23-10-13-27(18-31(23)60(54,55)56)44-37(58)47-46-35(50)32(42-25-11-8-21-4-2-3-5-24(21)16-25)34(49)45-41-19-20-14-28(38)33(48)29(39)15-20/h2-19,32,42,48H,1H3,(H,45,49)(H,46,50)(H2,40,43,57)(H2,44,47,58)(H,51,52,53)(H,54,55,56)/b7-6+,41-19-. The topological polar surface area (TPSA) is 260 Å². The third-order valence-corrected chi connectivity index (χ3v) is 11.6. The summed E-state index contributed by atoms with van der Waals surface area (Å²) in [7, 11) is -8.08. The first-order valence-electron chi connectivity index (χ1n) is 16.9. The minimum atomic E-state index is -4.88. The van der Waals surface area contributed by atoms with Crippen molar-refractivity contribution in [1.29, 1.82) is 0 Å². The molecule has 10 N–H and O–H groups in total. The van der Waals surface area contributed by atoms with Gasteiger partial charge in [-0.2, -0.15) is 21.9 Å². The van der Waals surface area contributed by atoms with E-state index in [0.717, 1.165) is 22.9 Å². The van der Waals surface area contributed by atoms with E-state index in [4.69, 9.17) is 24.4 Å². The van der Waals surface area contributed by atoms with Crippen molar-refractivity contribution in [2.45, 2.75) is 15.8 Å². The highest BCUT2D eigenvalue weighted by Gasteiger charge is 2.27. The van der Waals surface area contributed by atoms with E-state index in [0.29, 0.717) is 20.2 Å². The van der Waals surface area contributed by atoms with Gasteiger partial charge in [0.05, 0.1) is 15.2 Å². The molecule has 5 aromatic carbocycles. The van der Waals surface area contributed by atoms with Crippen molar-refractivity contribution in [3.05, 3.63) is 117 Å². The molecule has 0 aliphatic carbocycles. The normalized spacial score (nSPS) is 12.2. The number of nitrogens with one attached hydrogen (secondary N) is 7. The minimum absolute atomic E-state index is 0.0178. The van der Waals surface area contributed by atoms with Crippen molar-refractivity contribution < 1.29 is 40.6 Å². The number of amides is 2. The third kappa shape index (κ3) is 12.3. The Bertz CT molecular complexity index is 2790. The van der Waals surface area contributed by atoms with Crippen LogP contribution in [0.3, 0.4) is 0 Å². The van der Waals surface area contributed by atoms with Crippen LogP contribution in [0.4, 0.5) is 17.1 Å². The van der Waals surface area contributed by atoms with Crippen LogP contribution in [0, 0.1) is 0 Å². The van der Waals surface area contributed by atoms with Gasteiger partial charge in [0.25, 0.3) is 32.1 Å². The molecule has 1 atom stereocenters. The fourth-order valence-electron chi connectivity index (χ4n) is 5.26. The van der Waals surface area contributed by atoms with E-state index in [1.165, 1.54) is 42.6 Å². The van der Waals surface area contributed by atoms with Crippen LogP contribution in [0.15, 0.2) is 115 Å². The van der Waals surface area contributed by atoms with Gasteiger partial charge in [-0.05, 0) is 132 Å². The van der Waals surface area contributed by atoms with Gasteiger partial charge >= 0.3 is 0 Å². The van der Waals surface area contributed by atoms with Crippen LogP contribution in [0.5, 0.6) is 5.75 Å². The monoisotopic (exact) mass is 1020 g/mol. The van der Waals surface area contributed by atoms with Crippen molar-refractivity contribution in [3.8, 4) is 5.75 Å². The van der Waals surface area contributed by atoms with Gasteiger partial charge in [-0.25, -0.2) is 5.43 Å². The lowest BCUT2D eigenvalue weighted by molar-refractivity contribution is -0.130. The number of benzene rings is 5. The molecule has 5 rings (SSSR count). The van der Waals surface area contributed by atoms with Crippen molar-refractivity contribution >= 4 is 145 Å². The Morgan fingerprint density at radius 3 is 1.78 bits per heavy atom. The van der Waals surface area contributed by atoms with Crippen LogP contribution in [0.25, 0.3) is 22.9 Å². The number of hydrogen-bond donors (Lipinski definition) is 10. The van der Waals surface area contributed by atoms with Crippen LogP contribution >= 0.6 is 56.3 Å². The van der Waals surface area contributed by atoms with Gasteiger partial charge in [-0.3, -0.25) is 29.5 Å². The molecule has 17 nitrogen and oxygen atoms in total. The molecule has 5 aromatic rings. The molecule has 0 aliphatic heterocycles. The molecular formula is C37H32Br2N8O9S4. The number of hydrazine groups is 1. The highest BCUT2D eigenvalue weighted by Crippen LogP contribution is 2.33. The van der Waals surface area contributed by atoms with Crippen LogP contribution in [-0.4, -0.2) is 72.4 Å². The summed E-state index contributed by atoms with van der Waals surface area (Å²) in [6, 6.07) is 21.8. The molecule has 2 amide bonds. The predicted octanol–water partition coefficient (Wildman–Crippen LogP) is 5.60. The Morgan fingerprint density at radius 2 is 1.23 bits per heavy atom. The summed E-state index contributed by atoms with van der Waals surface area (Å²) in [5.41, 5.74) is 8.20. The first-order chi connectivity index (χ1) is 28.3. The molecule has 0 heterocycles. The maximum absolute atomic E-state index is 13.5. The molecule has 0 saturated carbocycles. The number of phenolic OH excluding ortho intramolecular Hbond substituents is 1. The van der Waals surface area contributed by atoms with Gasteiger partial charge in [-0.1, -0.05) is 54.6 Å². The zero-order valence-corrected chi connectivity index (χ0v) is 37.0. The first-order valence-corrected chi connectivity index (χ1v) is 22.1. The van der Waals surface area contributed by atoms with Crippen LogP contribution in [0.1, 0.15) is 16.7 Å².